The maximum atomic E-state index is 8.35. The molecule has 1 aliphatic rings. The zero-order valence-electron chi connectivity index (χ0n) is 3.78. The maximum absolute atomic E-state index is 8.35. The van der Waals surface area contributed by atoms with Crippen molar-refractivity contribution in [3.8, 4) is 0 Å². The first-order chi connectivity index (χ1) is 2.93. The molecule has 0 aromatic heterocycles. The van der Waals surface area contributed by atoms with Crippen LogP contribution in [0.5, 0.6) is 0 Å². The number of aliphatic hydroxyl groups excluding tert-OH is 1. The van der Waals surface area contributed by atoms with Crippen molar-refractivity contribution in [2.45, 2.75) is 19.3 Å². The molecule has 1 saturated carbocycles. The van der Waals surface area contributed by atoms with E-state index in [9.17, 15) is 0 Å². The van der Waals surface area contributed by atoms with Crippen LogP contribution in [-0.2, 0) is 0 Å². The van der Waals surface area contributed by atoms with Crippen molar-refractivity contribution in [1.82, 2.24) is 0 Å². The van der Waals surface area contributed by atoms with E-state index in [1.807, 2.05) is 0 Å². The Morgan fingerprint density at radius 3 is 2.17 bits per heavy atom. The topological polar surface area (TPSA) is 20.2 Å². The highest BCUT2D eigenvalue weighted by Crippen LogP contribution is 2.27. The van der Waals surface area contributed by atoms with E-state index in [0.29, 0.717) is 6.61 Å². The van der Waals surface area contributed by atoms with Gasteiger partial charge < -0.3 is 5.11 Å². The third-order valence-electron chi connectivity index (χ3n) is 1.28. The van der Waals surface area contributed by atoms with Gasteiger partial charge in [-0.3, -0.25) is 0 Å². The lowest BCUT2D eigenvalue weighted by molar-refractivity contribution is 0.271. The minimum atomic E-state index is 0.333. The van der Waals surface area contributed by atoms with Gasteiger partial charge in [0.1, 0.15) is 5.92 Å². The van der Waals surface area contributed by atoms with Gasteiger partial charge in [-0.1, -0.05) is 0 Å². The van der Waals surface area contributed by atoms with E-state index in [1.165, 1.54) is 25.2 Å². The highest BCUT2D eigenvalue weighted by molar-refractivity contribution is 4.97. The van der Waals surface area contributed by atoms with Crippen LogP contribution < -0.4 is 0 Å². The standard InChI is InChI=1S/C5H9O/c6-4-5-2-1-3-5/h6H,1-4H2/q+1. The van der Waals surface area contributed by atoms with Crippen molar-refractivity contribution in [1.29, 1.82) is 0 Å². The summed E-state index contributed by atoms with van der Waals surface area (Å²) in [7, 11) is 0. The van der Waals surface area contributed by atoms with Crippen molar-refractivity contribution in [3.63, 3.8) is 0 Å². The molecule has 1 rings (SSSR count). The van der Waals surface area contributed by atoms with Crippen molar-refractivity contribution in [2.24, 2.45) is 0 Å². The number of rotatable bonds is 1. The van der Waals surface area contributed by atoms with Gasteiger partial charge in [0.2, 0.25) is 0 Å². The largest absolute Gasteiger partial charge is 0.356 e. The summed E-state index contributed by atoms with van der Waals surface area (Å²) in [5.41, 5.74) is 0. The Kier molecular flexibility index (Phi) is 1.01. The van der Waals surface area contributed by atoms with Crippen molar-refractivity contribution < 1.29 is 5.11 Å². The lowest BCUT2D eigenvalue weighted by Gasteiger charge is -2.09. The minimum absolute atomic E-state index is 0.333. The summed E-state index contributed by atoms with van der Waals surface area (Å²) >= 11 is 0. The lowest BCUT2D eigenvalue weighted by Crippen LogP contribution is -2.11. The smallest absolute Gasteiger partial charge is 0.186 e. The Morgan fingerprint density at radius 1 is 1.50 bits per heavy atom. The van der Waals surface area contributed by atoms with Crippen LogP contribution in [-0.4, -0.2) is 11.7 Å². The maximum Gasteiger partial charge on any atom is 0.186 e. The first-order valence-electron chi connectivity index (χ1n) is 2.38. The van der Waals surface area contributed by atoms with Crippen molar-refractivity contribution >= 4 is 0 Å². The summed E-state index contributed by atoms with van der Waals surface area (Å²) < 4.78 is 0. The molecule has 6 heavy (non-hydrogen) atoms. The first kappa shape index (κ1) is 4.00. The minimum Gasteiger partial charge on any atom is -0.356 e. The second kappa shape index (κ2) is 1.52. The molecule has 0 radical (unpaired) electrons. The van der Waals surface area contributed by atoms with Gasteiger partial charge in [-0.2, -0.15) is 0 Å². The average Bonchev–Trinajstić information content (AvgIpc) is 1.31. The van der Waals surface area contributed by atoms with E-state index in [0.717, 1.165) is 0 Å². The molecule has 0 saturated heterocycles. The van der Waals surface area contributed by atoms with E-state index in [1.54, 1.807) is 0 Å². The van der Waals surface area contributed by atoms with E-state index < -0.39 is 0 Å². The molecule has 0 aromatic rings. The molecule has 0 spiro atoms. The normalized spacial score (nSPS) is 20.5. The molecular weight excluding hydrogens is 76.1 g/mol. The van der Waals surface area contributed by atoms with Gasteiger partial charge in [-0.25, -0.2) is 0 Å². The molecule has 1 nitrogen and oxygen atoms in total. The van der Waals surface area contributed by atoms with E-state index in [-0.39, 0.29) is 0 Å². The van der Waals surface area contributed by atoms with Crippen LogP contribution in [0.1, 0.15) is 19.3 Å². The fraction of sp³-hybridized carbons (Fsp3) is 0.800. The van der Waals surface area contributed by atoms with Gasteiger partial charge in [-0.05, 0) is 0 Å². The fourth-order valence-corrected chi connectivity index (χ4v) is 0.585. The summed E-state index contributed by atoms with van der Waals surface area (Å²) in [5, 5.41) is 8.35. The van der Waals surface area contributed by atoms with Gasteiger partial charge in [0.25, 0.3) is 0 Å². The SMILES string of the molecule is OC[C+]1CCC1. The quantitative estimate of drug-likeness (QED) is 0.465. The third-order valence-corrected chi connectivity index (χ3v) is 1.28. The zero-order chi connectivity index (χ0) is 4.41. The summed E-state index contributed by atoms with van der Waals surface area (Å²) in [6, 6.07) is 0. The second-order valence-electron chi connectivity index (χ2n) is 1.76. The third kappa shape index (κ3) is 0.500. The zero-order valence-corrected chi connectivity index (χ0v) is 3.78. The molecule has 0 atom stereocenters. The predicted molar refractivity (Wildman–Crippen MR) is 24.2 cm³/mol. The van der Waals surface area contributed by atoms with E-state index >= 15 is 0 Å². The van der Waals surface area contributed by atoms with Crippen molar-refractivity contribution in [2.75, 3.05) is 6.61 Å². The average molecular weight is 85.1 g/mol. The van der Waals surface area contributed by atoms with Crippen LogP contribution >= 0.6 is 0 Å². The molecule has 34 valence electrons. The fourth-order valence-electron chi connectivity index (χ4n) is 0.585. The Hall–Kier alpha value is -0.170. The molecule has 1 aliphatic carbocycles. The van der Waals surface area contributed by atoms with Gasteiger partial charge in [-0.15, -0.1) is 0 Å². The number of aliphatic hydroxyl groups is 1. The summed E-state index contributed by atoms with van der Waals surface area (Å²) in [5.74, 6) is 1.33. The molecular formula is C5H9O+. The van der Waals surface area contributed by atoms with Crippen LogP contribution in [0.3, 0.4) is 0 Å². The Balaban J connectivity index is 2.01. The molecule has 0 aliphatic heterocycles. The van der Waals surface area contributed by atoms with Crippen LogP contribution in [0.2, 0.25) is 0 Å². The Labute approximate surface area is 38.0 Å². The molecule has 0 amide bonds. The highest BCUT2D eigenvalue weighted by atomic mass is 16.3. The molecule has 0 unspecified atom stereocenters. The van der Waals surface area contributed by atoms with Crippen LogP contribution in [0, 0.1) is 5.92 Å². The van der Waals surface area contributed by atoms with E-state index in [2.05, 4.69) is 0 Å². The summed E-state index contributed by atoms with van der Waals surface area (Å²) in [6.45, 7) is 0.333. The van der Waals surface area contributed by atoms with Crippen LogP contribution in [0.4, 0.5) is 0 Å². The highest BCUT2D eigenvalue weighted by Gasteiger charge is 2.27. The molecule has 1 heteroatoms. The van der Waals surface area contributed by atoms with Crippen LogP contribution in [0.25, 0.3) is 0 Å². The summed E-state index contributed by atoms with van der Waals surface area (Å²) in [6.07, 6.45) is 3.66. The first-order valence-corrected chi connectivity index (χ1v) is 2.38. The van der Waals surface area contributed by atoms with Crippen molar-refractivity contribution in [3.05, 3.63) is 5.92 Å². The second-order valence-corrected chi connectivity index (χ2v) is 1.76. The van der Waals surface area contributed by atoms with Crippen LogP contribution in [0.15, 0.2) is 0 Å². The molecule has 0 aromatic carbocycles. The Bertz CT molecular complexity index is 36.4. The van der Waals surface area contributed by atoms with Gasteiger partial charge in [0.15, 0.2) is 6.61 Å². The predicted octanol–water partition coefficient (Wildman–Crippen LogP) is 0.737. The lowest BCUT2D eigenvalue weighted by atomic mass is 9.86. The van der Waals surface area contributed by atoms with E-state index in [4.69, 9.17) is 5.11 Å². The van der Waals surface area contributed by atoms with Gasteiger partial charge >= 0.3 is 0 Å². The monoisotopic (exact) mass is 85.1 g/mol. The molecule has 1 fully saturated rings. The number of hydrogen-bond acceptors (Lipinski definition) is 1. The van der Waals surface area contributed by atoms with Gasteiger partial charge in [0, 0.05) is 6.42 Å². The molecule has 0 heterocycles. The summed E-state index contributed by atoms with van der Waals surface area (Å²) in [4.78, 5) is 0. The Morgan fingerprint density at radius 2 is 2.17 bits per heavy atom. The number of hydrogen-bond donors (Lipinski definition) is 1. The molecule has 1 N–H and O–H groups in total. The molecule has 0 bridgehead atoms. The van der Waals surface area contributed by atoms with Gasteiger partial charge in [0.05, 0.1) is 12.8 Å².